The molecule has 76 valence electrons. The fourth-order valence-electron chi connectivity index (χ4n) is 2.30. The molecule has 2 unspecified atom stereocenters. The maximum Gasteiger partial charge on any atom is 0.231 e. The molecule has 0 heterocycles. The van der Waals surface area contributed by atoms with E-state index >= 15 is 0 Å². The first-order chi connectivity index (χ1) is 6.11. The van der Waals surface area contributed by atoms with Gasteiger partial charge in [0.1, 0.15) is 0 Å². The first-order valence-corrected chi connectivity index (χ1v) is 5.13. The summed E-state index contributed by atoms with van der Waals surface area (Å²) < 4.78 is 0. The van der Waals surface area contributed by atoms with E-state index in [4.69, 9.17) is 5.73 Å². The van der Waals surface area contributed by atoms with Gasteiger partial charge in [-0.1, -0.05) is 20.3 Å². The first-order valence-electron chi connectivity index (χ1n) is 5.13. The molecule has 2 atom stereocenters. The van der Waals surface area contributed by atoms with Crippen molar-refractivity contribution in [3.8, 4) is 0 Å². The van der Waals surface area contributed by atoms with E-state index in [-0.39, 0.29) is 5.91 Å². The highest BCUT2D eigenvalue weighted by Gasteiger charge is 2.27. The van der Waals surface area contributed by atoms with Crippen molar-refractivity contribution >= 4 is 5.91 Å². The van der Waals surface area contributed by atoms with Gasteiger partial charge < -0.3 is 11.1 Å². The average molecular weight is 184 g/mol. The van der Waals surface area contributed by atoms with Crippen molar-refractivity contribution in [3.63, 3.8) is 0 Å². The van der Waals surface area contributed by atoms with Gasteiger partial charge in [-0.05, 0) is 24.7 Å². The Morgan fingerprint density at radius 1 is 1.38 bits per heavy atom. The number of hydrogen-bond acceptors (Lipinski definition) is 2. The summed E-state index contributed by atoms with van der Waals surface area (Å²) in [7, 11) is 0. The Kier molecular flexibility index (Phi) is 3.72. The minimum absolute atomic E-state index is 0.259. The van der Waals surface area contributed by atoms with Gasteiger partial charge in [-0.15, -0.1) is 0 Å². The molecule has 0 aliphatic heterocycles. The average Bonchev–Trinajstić information content (AvgIpc) is 2.03. The summed E-state index contributed by atoms with van der Waals surface area (Å²) in [5.74, 6) is 1.08. The summed E-state index contributed by atoms with van der Waals surface area (Å²) in [6, 6.07) is 0.473. The second-order valence-electron chi connectivity index (χ2n) is 4.26. The third kappa shape index (κ3) is 2.99. The normalized spacial score (nSPS) is 34.5. The zero-order valence-electron chi connectivity index (χ0n) is 8.55. The van der Waals surface area contributed by atoms with Crippen LogP contribution in [0, 0.1) is 11.8 Å². The second kappa shape index (κ2) is 4.61. The lowest BCUT2D eigenvalue weighted by Crippen LogP contribution is -2.46. The highest BCUT2D eigenvalue weighted by Crippen LogP contribution is 2.28. The lowest BCUT2D eigenvalue weighted by molar-refractivity contribution is -0.117. The number of amides is 1. The smallest absolute Gasteiger partial charge is 0.231 e. The summed E-state index contributed by atoms with van der Waals surface area (Å²) in [6.07, 6.45) is 3.85. The maximum atomic E-state index is 10.6. The minimum Gasteiger partial charge on any atom is -0.369 e. The van der Waals surface area contributed by atoms with Gasteiger partial charge in [0.2, 0.25) is 5.91 Å². The van der Waals surface area contributed by atoms with Crippen molar-refractivity contribution in [2.75, 3.05) is 6.54 Å². The van der Waals surface area contributed by atoms with Crippen LogP contribution in [0.15, 0.2) is 0 Å². The van der Waals surface area contributed by atoms with Crippen molar-refractivity contribution in [1.29, 1.82) is 0 Å². The van der Waals surface area contributed by atoms with Gasteiger partial charge in [0.15, 0.2) is 0 Å². The Morgan fingerprint density at radius 2 is 1.92 bits per heavy atom. The van der Waals surface area contributed by atoms with Gasteiger partial charge in [-0.2, -0.15) is 0 Å². The van der Waals surface area contributed by atoms with Crippen molar-refractivity contribution in [1.82, 2.24) is 5.32 Å². The highest BCUT2D eigenvalue weighted by molar-refractivity contribution is 5.75. The lowest BCUT2D eigenvalue weighted by Gasteiger charge is -2.35. The molecule has 0 aromatic carbocycles. The summed E-state index contributed by atoms with van der Waals surface area (Å²) in [6.45, 7) is 4.81. The Bertz CT molecular complexity index is 172. The van der Waals surface area contributed by atoms with Crippen LogP contribution < -0.4 is 11.1 Å². The van der Waals surface area contributed by atoms with E-state index < -0.39 is 0 Å². The van der Waals surface area contributed by atoms with Crippen LogP contribution in [0.25, 0.3) is 0 Å². The molecule has 1 saturated carbocycles. The Balaban J connectivity index is 2.39. The molecule has 0 saturated heterocycles. The number of hydrogen-bond donors (Lipinski definition) is 2. The van der Waals surface area contributed by atoms with Crippen LogP contribution in [-0.2, 0) is 4.79 Å². The molecule has 3 nitrogen and oxygen atoms in total. The number of nitrogens with two attached hydrogens (primary N) is 1. The van der Waals surface area contributed by atoms with Crippen molar-refractivity contribution in [3.05, 3.63) is 0 Å². The Labute approximate surface area is 80.1 Å². The number of nitrogens with one attached hydrogen (secondary N) is 1. The van der Waals surface area contributed by atoms with E-state index in [1.807, 2.05) is 0 Å². The molecule has 13 heavy (non-hydrogen) atoms. The number of rotatable bonds is 3. The molecule has 0 aromatic rings. The van der Waals surface area contributed by atoms with Gasteiger partial charge >= 0.3 is 0 Å². The van der Waals surface area contributed by atoms with Crippen LogP contribution in [0.2, 0.25) is 0 Å². The van der Waals surface area contributed by atoms with Crippen molar-refractivity contribution < 1.29 is 4.79 Å². The van der Waals surface area contributed by atoms with E-state index in [0.29, 0.717) is 24.4 Å². The molecule has 1 rings (SSSR count). The second-order valence-corrected chi connectivity index (χ2v) is 4.26. The van der Waals surface area contributed by atoms with Crippen molar-refractivity contribution in [2.24, 2.45) is 17.6 Å². The molecule has 0 spiro atoms. The SMILES string of the molecule is CC1CCCC(C)C1NCC(N)=O. The zero-order valence-corrected chi connectivity index (χ0v) is 8.55. The predicted molar refractivity (Wildman–Crippen MR) is 53.2 cm³/mol. The number of carbonyl (C=O) groups excluding carboxylic acids is 1. The summed E-state index contributed by atoms with van der Waals surface area (Å²) in [5, 5.41) is 3.25. The Morgan fingerprint density at radius 3 is 2.38 bits per heavy atom. The van der Waals surface area contributed by atoms with Crippen LogP contribution in [0.4, 0.5) is 0 Å². The molecule has 0 radical (unpaired) electrons. The van der Waals surface area contributed by atoms with E-state index in [0.717, 1.165) is 0 Å². The van der Waals surface area contributed by atoms with Gasteiger partial charge in [-0.3, -0.25) is 4.79 Å². The first kappa shape index (κ1) is 10.5. The Hall–Kier alpha value is -0.570. The van der Waals surface area contributed by atoms with Crippen molar-refractivity contribution in [2.45, 2.75) is 39.2 Å². The van der Waals surface area contributed by atoms with Crippen LogP contribution in [0.5, 0.6) is 0 Å². The van der Waals surface area contributed by atoms with E-state index in [2.05, 4.69) is 19.2 Å². The molecular formula is C10H20N2O. The van der Waals surface area contributed by atoms with Crippen LogP contribution in [0.1, 0.15) is 33.1 Å². The molecular weight excluding hydrogens is 164 g/mol. The summed E-state index contributed by atoms with van der Waals surface area (Å²) in [4.78, 5) is 10.6. The predicted octanol–water partition coefficient (Wildman–Crippen LogP) is 0.886. The fraction of sp³-hybridized carbons (Fsp3) is 0.900. The summed E-state index contributed by atoms with van der Waals surface area (Å²) >= 11 is 0. The molecule has 3 N–H and O–H groups in total. The highest BCUT2D eigenvalue weighted by atomic mass is 16.1. The maximum absolute atomic E-state index is 10.6. The molecule has 1 fully saturated rings. The molecule has 0 aromatic heterocycles. The zero-order chi connectivity index (χ0) is 9.84. The fourth-order valence-corrected chi connectivity index (χ4v) is 2.30. The van der Waals surface area contributed by atoms with E-state index in [9.17, 15) is 4.79 Å². The summed E-state index contributed by atoms with van der Waals surface area (Å²) in [5.41, 5.74) is 5.10. The van der Waals surface area contributed by atoms with E-state index in [1.165, 1.54) is 19.3 Å². The van der Waals surface area contributed by atoms with Gasteiger partial charge in [-0.25, -0.2) is 0 Å². The number of primary amides is 1. The third-order valence-electron chi connectivity index (χ3n) is 3.06. The topological polar surface area (TPSA) is 55.1 Å². The van der Waals surface area contributed by atoms with Crippen LogP contribution in [0.3, 0.4) is 0 Å². The lowest BCUT2D eigenvalue weighted by atomic mass is 9.79. The number of carbonyl (C=O) groups is 1. The quantitative estimate of drug-likeness (QED) is 0.684. The minimum atomic E-state index is -0.259. The van der Waals surface area contributed by atoms with Gasteiger partial charge in [0.25, 0.3) is 0 Å². The van der Waals surface area contributed by atoms with Gasteiger partial charge in [0.05, 0.1) is 6.54 Å². The molecule has 1 amide bonds. The molecule has 1 aliphatic carbocycles. The van der Waals surface area contributed by atoms with Crippen LogP contribution >= 0.6 is 0 Å². The molecule has 0 bridgehead atoms. The largest absolute Gasteiger partial charge is 0.369 e. The third-order valence-corrected chi connectivity index (χ3v) is 3.06. The molecule has 3 heteroatoms. The standard InChI is InChI=1S/C10H20N2O/c1-7-4-3-5-8(2)10(7)12-6-9(11)13/h7-8,10,12H,3-6H2,1-2H3,(H2,11,13). The monoisotopic (exact) mass is 184 g/mol. The van der Waals surface area contributed by atoms with E-state index in [1.54, 1.807) is 0 Å². The molecule has 1 aliphatic rings. The van der Waals surface area contributed by atoms with Gasteiger partial charge in [0, 0.05) is 6.04 Å². The van der Waals surface area contributed by atoms with Crippen LogP contribution in [-0.4, -0.2) is 18.5 Å².